The zero-order valence-corrected chi connectivity index (χ0v) is 17.9. The molecule has 2 aliphatic rings. The van der Waals surface area contributed by atoms with E-state index in [1.165, 1.54) is 40.5 Å². The van der Waals surface area contributed by atoms with Crippen LogP contribution in [0.1, 0.15) is 23.9 Å². The molecular formula is C21H21F3N4O3S. The molecule has 0 unspecified atom stereocenters. The lowest BCUT2D eigenvalue weighted by atomic mass is 9.82. The van der Waals surface area contributed by atoms with E-state index in [-0.39, 0.29) is 17.8 Å². The van der Waals surface area contributed by atoms with Gasteiger partial charge < -0.3 is 15.5 Å². The van der Waals surface area contributed by atoms with Crippen LogP contribution in [-0.2, 0) is 10.3 Å². The SMILES string of the molecule is C[C@@]1(c2ccc(F)cc2)N=C(c2nccs2)NC(CN2CC(F)(F)C[C@H]2CO)=C1C(=O)O. The number of hydrogen-bond acceptors (Lipinski definition) is 7. The first-order chi connectivity index (χ1) is 15.1. The first kappa shape index (κ1) is 22.4. The van der Waals surface area contributed by atoms with E-state index in [9.17, 15) is 28.2 Å². The summed E-state index contributed by atoms with van der Waals surface area (Å²) in [6.07, 6.45) is 1.06. The fourth-order valence-electron chi connectivity index (χ4n) is 4.22. The number of aliphatic carboxylic acids is 1. The van der Waals surface area contributed by atoms with E-state index in [1.807, 2.05) is 0 Å². The zero-order chi connectivity index (χ0) is 23.1. The fourth-order valence-corrected chi connectivity index (χ4v) is 4.80. The molecule has 0 radical (unpaired) electrons. The minimum absolute atomic E-state index is 0.142. The first-order valence-electron chi connectivity index (χ1n) is 9.85. The van der Waals surface area contributed by atoms with Gasteiger partial charge in [0.1, 0.15) is 11.4 Å². The summed E-state index contributed by atoms with van der Waals surface area (Å²) in [6.45, 7) is 0.338. The average molecular weight is 466 g/mol. The molecule has 0 aliphatic carbocycles. The van der Waals surface area contributed by atoms with Crippen molar-refractivity contribution < 1.29 is 28.2 Å². The van der Waals surface area contributed by atoms with Gasteiger partial charge in [-0.3, -0.25) is 4.90 Å². The number of aromatic nitrogens is 1. The second-order valence-corrected chi connectivity index (χ2v) is 8.86. The maximum absolute atomic E-state index is 14.0. The predicted octanol–water partition coefficient (Wildman–Crippen LogP) is 2.59. The number of carbonyl (C=O) groups is 1. The molecule has 3 N–H and O–H groups in total. The van der Waals surface area contributed by atoms with Gasteiger partial charge in [-0.2, -0.15) is 0 Å². The Bertz CT molecular complexity index is 1070. The van der Waals surface area contributed by atoms with E-state index in [0.29, 0.717) is 16.4 Å². The van der Waals surface area contributed by atoms with Gasteiger partial charge in [0.05, 0.1) is 18.7 Å². The fraction of sp³-hybridized carbons (Fsp3) is 0.381. The lowest BCUT2D eigenvalue weighted by molar-refractivity contribution is -0.133. The summed E-state index contributed by atoms with van der Waals surface area (Å²) in [5.74, 6) is -4.47. The number of halogens is 3. The van der Waals surface area contributed by atoms with Crippen molar-refractivity contribution in [3.05, 3.63) is 63.5 Å². The van der Waals surface area contributed by atoms with Crippen molar-refractivity contribution in [1.29, 1.82) is 0 Å². The molecule has 0 saturated carbocycles. The second kappa shape index (κ2) is 8.30. The highest BCUT2D eigenvalue weighted by Crippen LogP contribution is 2.40. The van der Waals surface area contributed by atoms with Crippen LogP contribution in [-0.4, -0.2) is 63.6 Å². The number of hydrogen-bond donors (Lipinski definition) is 3. The van der Waals surface area contributed by atoms with Crippen molar-refractivity contribution >= 4 is 23.1 Å². The van der Waals surface area contributed by atoms with Crippen LogP contribution >= 0.6 is 11.3 Å². The van der Waals surface area contributed by atoms with Gasteiger partial charge in [0.25, 0.3) is 5.92 Å². The Hall–Kier alpha value is -2.76. The monoisotopic (exact) mass is 466 g/mol. The Morgan fingerprint density at radius 1 is 1.34 bits per heavy atom. The first-order valence-corrected chi connectivity index (χ1v) is 10.7. The lowest BCUT2D eigenvalue weighted by Gasteiger charge is -2.36. The molecule has 2 aromatic rings. The standard InChI is InChI=1S/C21H21F3N4O3S/c1-20(12-2-4-13(22)5-3-12)16(19(30)31)15(26-17(27-20)18-25-6-7-32-18)9-28-11-21(23,24)8-14(28)10-29/h2-7,14,29H,8-11H2,1H3,(H,26,27)(H,30,31)/t14-,20-/m0/s1. The van der Waals surface area contributed by atoms with Crippen molar-refractivity contribution in [3.8, 4) is 0 Å². The van der Waals surface area contributed by atoms with Crippen LogP contribution in [0.2, 0.25) is 0 Å². The molecule has 7 nitrogen and oxygen atoms in total. The molecule has 11 heteroatoms. The van der Waals surface area contributed by atoms with Gasteiger partial charge in [-0.25, -0.2) is 27.9 Å². The third-order valence-corrected chi connectivity index (χ3v) is 6.49. The summed E-state index contributed by atoms with van der Waals surface area (Å²) in [4.78, 5) is 22.6. The summed E-state index contributed by atoms with van der Waals surface area (Å²) in [7, 11) is 0. The van der Waals surface area contributed by atoms with Crippen molar-refractivity contribution in [1.82, 2.24) is 15.2 Å². The number of likely N-dealkylation sites (tertiary alicyclic amines) is 1. The van der Waals surface area contributed by atoms with Gasteiger partial charge in [0, 0.05) is 36.3 Å². The predicted molar refractivity (Wildman–Crippen MR) is 112 cm³/mol. The van der Waals surface area contributed by atoms with Crippen LogP contribution < -0.4 is 5.32 Å². The average Bonchev–Trinajstić information content (AvgIpc) is 3.35. The summed E-state index contributed by atoms with van der Waals surface area (Å²) in [5.41, 5.74) is -0.982. The number of alkyl halides is 2. The summed E-state index contributed by atoms with van der Waals surface area (Å²) >= 11 is 1.28. The molecule has 0 bridgehead atoms. The Kier molecular flexibility index (Phi) is 5.82. The van der Waals surface area contributed by atoms with Crippen molar-refractivity contribution in [2.24, 2.45) is 4.99 Å². The third-order valence-electron chi connectivity index (χ3n) is 5.71. The van der Waals surface area contributed by atoms with E-state index < -0.39 is 48.9 Å². The van der Waals surface area contributed by atoms with E-state index in [1.54, 1.807) is 18.5 Å². The Morgan fingerprint density at radius 2 is 2.06 bits per heavy atom. The molecule has 1 fully saturated rings. The van der Waals surface area contributed by atoms with Crippen LogP contribution in [0.25, 0.3) is 0 Å². The van der Waals surface area contributed by atoms with Gasteiger partial charge in [-0.1, -0.05) is 12.1 Å². The number of thiazole rings is 1. The number of benzene rings is 1. The highest BCUT2D eigenvalue weighted by molar-refractivity contribution is 7.11. The second-order valence-electron chi connectivity index (χ2n) is 7.96. The summed E-state index contributed by atoms with van der Waals surface area (Å²) in [6, 6.07) is 4.51. The number of carboxylic acids is 1. The molecule has 2 atom stereocenters. The van der Waals surface area contributed by atoms with Crippen molar-refractivity contribution in [2.45, 2.75) is 30.8 Å². The molecule has 0 amide bonds. The number of amidine groups is 1. The van der Waals surface area contributed by atoms with Gasteiger partial charge in [-0.05, 0) is 24.6 Å². The van der Waals surface area contributed by atoms with Gasteiger partial charge in [0.15, 0.2) is 10.8 Å². The molecular weight excluding hydrogens is 445 g/mol. The van der Waals surface area contributed by atoms with Crippen molar-refractivity contribution in [2.75, 3.05) is 19.7 Å². The highest BCUT2D eigenvalue weighted by Gasteiger charge is 2.47. The Labute approximate surface area is 185 Å². The number of aliphatic hydroxyl groups excluding tert-OH is 1. The van der Waals surface area contributed by atoms with Gasteiger partial charge in [0.2, 0.25) is 0 Å². The minimum Gasteiger partial charge on any atom is -0.478 e. The van der Waals surface area contributed by atoms with Crippen molar-refractivity contribution in [3.63, 3.8) is 0 Å². The van der Waals surface area contributed by atoms with Crippen LogP contribution in [0.3, 0.4) is 0 Å². The van der Waals surface area contributed by atoms with Gasteiger partial charge >= 0.3 is 5.97 Å². The molecule has 1 aromatic carbocycles. The molecule has 3 heterocycles. The number of rotatable bonds is 6. The molecule has 170 valence electrons. The van der Waals surface area contributed by atoms with Crippen LogP contribution in [0, 0.1) is 5.82 Å². The summed E-state index contributed by atoms with van der Waals surface area (Å²) < 4.78 is 41.6. The quantitative estimate of drug-likeness (QED) is 0.606. The molecule has 2 aliphatic heterocycles. The number of nitrogens with zero attached hydrogens (tertiary/aromatic N) is 3. The van der Waals surface area contributed by atoms with Crippen LogP contribution in [0.5, 0.6) is 0 Å². The largest absolute Gasteiger partial charge is 0.478 e. The topological polar surface area (TPSA) is 98.0 Å². The lowest BCUT2D eigenvalue weighted by Crippen LogP contribution is -2.46. The van der Waals surface area contributed by atoms with E-state index in [2.05, 4.69) is 15.3 Å². The molecule has 0 spiro atoms. The van der Waals surface area contributed by atoms with E-state index in [0.717, 1.165) is 0 Å². The maximum Gasteiger partial charge on any atom is 0.336 e. The Balaban J connectivity index is 1.83. The number of aliphatic imine (C=N–C) groups is 1. The number of aliphatic hydroxyl groups is 1. The normalized spacial score (nSPS) is 25.5. The Morgan fingerprint density at radius 3 is 2.66 bits per heavy atom. The van der Waals surface area contributed by atoms with Gasteiger partial charge in [-0.15, -0.1) is 11.3 Å². The maximum atomic E-state index is 14.0. The number of nitrogens with one attached hydrogen (secondary N) is 1. The zero-order valence-electron chi connectivity index (χ0n) is 17.1. The van der Waals surface area contributed by atoms with E-state index >= 15 is 0 Å². The van der Waals surface area contributed by atoms with Crippen LogP contribution in [0.15, 0.2) is 52.1 Å². The molecule has 32 heavy (non-hydrogen) atoms. The smallest absolute Gasteiger partial charge is 0.336 e. The highest BCUT2D eigenvalue weighted by atomic mass is 32.1. The summed E-state index contributed by atoms with van der Waals surface area (Å²) in [5, 5.41) is 24.9. The molecule has 1 aromatic heterocycles. The van der Waals surface area contributed by atoms with Crippen LogP contribution in [0.4, 0.5) is 13.2 Å². The minimum atomic E-state index is -2.99. The third kappa shape index (κ3) is 4.15. The number of carboxylic acid groups (broad SMARTS) is 1. The van der Waals surface area contributed by atoms with E-state index in [4.69, 9.17) is 0 Å². The molecule has 1 saturated heterocycles. The molecule has 4 rings (SSSR count).